The standard InChI is InChI=1S/C16H26N2O4/c1-18(9-5-10-20-2)13-16(19)17-8-11-22-15-7-4-6-14(12-15)21-3/h4,6-7,12H,5,8-11,13H2,1-3H3,(H,17,19). The van der Waals surface area contributed by atoms with Crippen LogP contribution in [0.1, 0.15) is 6.42 Å². The number of methoxy groups -OCH3 is 2. The van der Waals surface area contributed by atoms with Crippen molar-refractivity contribution < 1.29 is 19.0 Å². The van der Waals surface area contributed by atoms with Crippen molar-refractivity contribution in [3.8, 4) is 11.5 Å². The summed E-state index contributed by atoms with van der Waals surface area (Å²) in [5.41, 5.74) is 0. The van der Waals surface area contributed by atoms with Gasteiger partial charge in [-0.3, -0.25) is 9.69 Å². The zero-order valence-corrected chi connectivity index (χ0v) is 13.6. The third-order valence-electron chi connectivity index (χ3n) is 3.04. The molecule has 1 aromatic carbocycles. The Morgan fingerprint density at radius 3 is 2.73 bits per heavy atom. The predicted octanol–water partition coefficient (Wildman–Crippen LogP) is 1.16. The van der Waals surface area contributed by atoms with Crippen LogP contribution in [0.2, 0.25) is 0 Å². The van der Waals surface area contributed by atoms with Crippen LogP contribution in [0.15, 0.2) is 24.3 Å². The van der Waals surface area contributed by atoms with Gasteiger partial charge in [0.1, 0.15) is 18.1 Å². The summed E-state index contributed by atoms with van der Waals surface area (Å²) in [5, 5.41) is 2.83. The number of nitrogens with one attached hydrogen (secondary N) is 1. The van der Waals surface area contributed by atoms with Crippen molar-refractivity contribution in [2.75, 3.05) is 54.1 Å². The third-order valence-corrected chi connectivity index (χ3v) is 3.04. The second kappa shape index (κ2) is 10.9. The molecule has 6 heteroatoms. The Labute approximate surface area is 132 Å². The first-order valence-electron chi connectivity index (χ1n) is 7.36. The molecule has 1 amide bonds. The van der Waals surface area contributed by atoms with Gasteiger partial charge in [-0.25, -0.2) is 0 Å². The lowest BCUT2D eigenvalue weighted by Gasteiger charge is -2.16. The molecule has 0 aliphatic rings. The van der Waals surface area contributed by atoms with Crippen molar-refractivity contribution in [3.63, 3.8) is 0 Å². The summed E-state index contributed by atoms with van der Waals surface area (Å²) < 4.78 is 15.7. The Morgan fingerprint density at radius 1 is 1.23 bits per heavy atom. The minimum atomic E-state index is -0.00541. The highest BCUT2D eigenvalue weighted by molar-refractivity contribution is 5.77. The van der Waals surface area contributed by atoms with Crippen LogP contribution in [-0.2, 0) is 9.53 Å². The third kappa shape index (κ3) is 7.85. The molecule has 0 unspecified atom stereocenters. The van der Waals surface area contributed by atoms with E-state index >= 15 is 0 Å². The van der Waals surface area contributed by atoms with Crippen molar-refractivity contribution in [1.29, 1.82) is 0 Å². The maximum absolute atomic E-state index is 11.7. The SMILES string of the molecule is COCCCN(C)CC(=O)NCCOc1cccc(OC)c1. The minimum absolute atomic E-state index is 0.00541. The second-order valence-electron chi connectivity index (χ2n) is 4.96. The number of benzene rings is 1. The molecule has 0 atom stereocenters. The van der Waals surface area contributed by atoms with Crippen LogP contribution in [0.3, 0.4) is 0 Å². The number of carbonyl (C=O) groups is 1. The molecule has 0 aromatic heterocycles. The lowest BCUT2D eigenvalue weighted by molar-refractivity contribution is -0.122. The molecule has 0 aliphatic carbocycles. The van der Waals surface area contributed by atoms with Crippen molar-refractivity contribution in [2.24, 2.45) is 0 Å². The Balaban J connectivity index is 2.14. The molecule has 1 N–H and O–H groups in total. The van der Waals surface area contributed by atoms with E-state index in [1.165, 1.54) is 0 Å². The van der Waals surface area contributed by atoms with Gasteiger partial charge in [0.05, 0.1) is 20.2 Å². The maximum atomic E-state index is 11.7. The molecule has 22 heavy (non-hydrogen) atoms. The maximum Gasteiger partial charge on any atom is 0.234 e. The first-order valence-corrected chi connectivity index (χ1v) is 7.36. The van der Waals surface area contributed by atoms with Crippen molar-refractivity contribution in [3.05, 3.63) is 24.3 Å². The number of hydrogen-bond donors (Lipinski definition) is 1. The summed E-state index contributed by atoms with van der Waals surface area (Å²) in [7, 11) is 5.21. The average Bonchev–Trinajstić information content (AvgIpc) is 2.52. The molecule has 124 valence electrons. The highest BCUT2D eigenvalue weighted by Gasteiger charge is 2.05. The van der Waals surface area contributed by atoms with Gasteiger partial charge in [-0.05, 0) is 25.6 Å². The van der Waals surface area contributed by atoms with Crippen LogP contribution in [0.5, 0.6) is 11.5 Å². The molecular weight excluding hydrogens is 284 g/mol. The number of amides is 1. The average molecular weight is 310 g/mol. The number of hydrogen-bond acceptors (Lipinski definition) is 5. The van der Waals surface area contributed by atoms with Gasteiger partial charge in [-0.1, -0.05) is 6.07 Å². The molecule has 0 spiro atoms. The van der Waals surface area contributed by atoms with Gasteiger partial charge in [0.2, 0.25) is 5.91 Å². The molecule has 0 aliphatic heterocycles. The Kier molecular flexibility index (Phi) is 9.02. The zero-order chi connectivity index (χ0) is 16.2. The van der Waals surface area contributed by atoms with Crippen LogP contribution >= 0.6 is 0 Å². The smallest absolute Gasteiger partial charge is 0.234 e. The highest BCUT2D eigenvalue weighted by atomic mass is 16.5. The van der Waals surface area contributed by atoms with E-state index in [4.69, 9.17) is 14.2 Å². The van der Waals surface area contributed by atoms with Gasteiger partial charge >= 0.3 is 0 Å². The normalized spacial score (nSPS) is 10.5. The minimum Gasteiger partial charge on any atom is -0.497 e. The van der Waals surface area contributed by atoms with Crippen molar-refractivity contribution >= 4 is 5.91 Å². The van der Waals surface area contributed by atoms with Gasteiger partial charge < -0.3 is 19.5 Å². The Bertz CT molecular complexity index is 440. The van der Waals surface area contributed by atoms with Gasteiger partial charge in [0, 0.05) is 26.3 Å². The molecular formula is C16H26N2O4. The monoisotopic (exact) mass is 310 g/mol. The van der Waals surface area contributed by atoms with E-state index in [9.17, 15) is 4.79 Å². The number of likely N-dealkylation sites (N-methyl/N-ethyl adjacent to an activating group) is 1. The molecule has 0 bridgehead atoms. The molecule has 6 nitrogen and oxygen atoms in total. The van der Waals surface area contributed by atoms with E-state index in [0.717, 1.165) is 24.5 Å². The number of ether oxygens (including phenoxy) is 3. The quantitative estimate of drug-likeness (QED) is 0.622. The fourth-order valence-electron chi connectivity index (χ4n) is 1.91. The number of nitrogens with zero attached hydrogens (tertiary/aromatic N) is 1. The lowest BCUT2D eigenvalue weighted by Crippen LogP contribution is -2.37. The summed E-state index contributed by atoms with van der Waals surface area (Å²) in [6.07, 6.45) is 0.916. The van der Waals surface area contributed by atoms with E-state index in [1.54, 1.807) is 14.2 Å². The van der Waals surface area contributed by atoms with E-state index < -0.39 is 0 Å². The van der Waals surface area contributed by atoms with Crippen LogP contribution < -0.4 is 14.8 Å². The summed E-state index contributed by atoms with van der Waals surface area (Å²) in [5.74, 6) is 1.47. The van der Waals surface area contributed by atoms with Crippen molar-refractivity contribution in [2.45, 2.75) is 6.42 Å². The van der Waals surface area contributed by atoms with Gasteiger partial charge in [-0.15, -0.1) is 0 Å². The molecule has 0 saturated heterocycles. The van der Waals surface area contributed by atoms with Crippen molar-refractivity contribution in [1.82, 2.24) is 10.2 Å². The largest absolute Gasteiger partial charge is 0.497 e. The van der Waals surface area contributed by atoms with E-state index in [-0.39, 0.29) is 5.91 Å². The van der Waals surface area contributed by atoms with Gasteiger partial charge in [-0.2, -0.15) is 0 Å². The first kappa shape index (κ1) is 18.3. The molecule has 0 fully saturated rings. The summed E-state index contributed by atoms with van der Waals surface area (Å²) in [6.45, 7) is 2.82. The molecule has 1 aromatic rings. The van der Waals surface area contributed by atoms with Gasteiger partial charge in [0.15, 0.2) is 0 Å². The molecule has 0 heterocycles. The van der Waals surface area contributed by atoms with E-state index in [2.05, 4.69) is 5.32 Å². The molecule has 0 saturated carbocycles. The second-order valence-corrected chi connectivity index (χ2v) is 4.96. The lowest BCUT2D eigenvalue weighted by atomic mass is 10.3. The summed E-state index contributed by atoms with van der Waals surface area (Å²) in [4.78, 5) is 13.7. The Hall–Kier alpha value is -1.79. The van der Waals surface area contributed by atoms with Crippen LogP contribution in [-0.4, -0.2) is 64.9 Å². The summed E-state index contributed by atoms with van der Waals surface area (Å²) >= 11 is 0. The first-order chi connectivity index (χ1) is 10.7. The topological polar surface area (TPSA) is 60.0 Å². The molecule has 0 radical (unpaired) electrons. The fraction of sp³-hybridized carbons (Fsp3) is 0.562. The highest BCUT2D eigenvalue weighted by Crippen LogP contribution is 2.18. The molecule has 1 rings (SSSR count). The fourth-order valence-corrected chi connectivity index (χ4v) is 1.91. The Morgan fingerprint density at radius 2 is 2.00 bits per heavy atom. The number of rotatable bonds is 11. The summed E-state index contributed by atoms with van der Waals surface area (Å²) in [6, 6.07) is 7.38. The van der Waals surface area contributed by atoms with Gasteiger partial charge in [0.25, 0.3) is 0 Å². The zero-order valence-electron chi connectivity index (χ0n) is 13.6. The predicted molar refractivity (Wildman–Crippen MR) is 85.5 cm³/mol. The van der Waals surface area contributed by atoms with E-state index in [1.807, 2.05) is 36.2 Å². The van der Waals surface area contributed by atoms with Crippen LogP contribution in [0.4, 0.5) is 0 Å². The van der Waals surface area contributed by atoms with E-state index in [0.29, 0.717) is 26.3 Å². The van der Waals surface area contributed by atoms with Crippen LogP contribution in [0.25, 0.3) is 0 Å². The number of carbonyl (C=O) groups excluding carboxylic acids is 1. The van der Waals surface area contributed by atoms with Crippen LogP contribution in [0, 0.1) is 0 Å².